The molecule has 3 aromatic carbocycles. The van der Waals surface area contributed by atoms with E-state index in [1.54, 1.807) is 42.5 Å². The molecule has 0 unspecified atom stereocenters. The van der Waals surface area contributed by atoms with E-state index in [9.17, 15) is 26.7 Å². The number of benzene rings is 3. The standard InChI is InChI=1S/C25H16ClF5N2O3/c1-12-16(25(34)33(32-12)23-21(30)19(28)18(27)20(29)22(23)31)10-14-4-3-5-17(35-2)24(14)36-11-13-6-8-15(26)9-7-13/h3-10H,11H2,1-2H3/b16-10-. The van der Waals surface area contributed by atoms with E-state index in [1.807, 2.05) is 0 Å². The molecule has 0 aromatic heterocycles. The van der Waals surface area contributed by atoms with Crippen molar-refractivity contribution < 1.29 is 36.2 Å². The van der Waals surface area contributed by atoms with Crippen molar-refractivity contribution in [2.45, 2.75) is 13.5 Å². The maximum absolute atomic E-state index is 14.3. The van der Waals surface area contributed by atoms with E-state index in [4.69, 9.17) is 21.1 Å². The predicted molar refractivity (Wildman–Crippen MR) is 124 cm³/mol. The largest absolute Gasteiger partial charge is 0.493 e. The van der Waals surface area contributed by atoms with Gasteiger partial charge in [0.25, 0.3) is 5.91 Å². The molecule has 0 N–H and O–H groups in total. The molecule has 1 heterocycles. The van der Waals surface area contributed by atoms with Crippen LogP contribution < -0.4 is 14.5 Å². The number of rotatable bonds is 6. The van der Waals surface area contributed by atoms with Gasteiger partial charge in [-0.1, -0.05) is 35.9 Å². The number of amides is 1. The van der Waals surface area contributed by atoms with Crippen LogP contribution in [0, 0.1) is 29.1 Å². The highest BCUT2D eigenvalue weighted by Crippen LogP contribution is 2.37. The second-order valence-electron chi connectivity index (χ2n) is 7.57. The fourth-order valence-corrected chi connectivity index (χ4v) is 3.59. The van der Waals surface area contributed by atoms with Gasteiger partial charge in [-0.05, 0) is 36.8 Å². The molecule has 0 bridgehead atoms. The van der Waals surface area contributed by atoms with Crippen LogP contribution in [0.5, 0.6) is 11.5 Å². The van der Waals surface area contributed by atoms with E-state index in [-0.39, 0.29) is 28.7 Å². The van der Waals surface area contributed by atoms with Gasteiger partial charge in [0.15, 0.2) is 34.8 Å². The summed E-state index contributed by atoms with van der Waals surface area (Å²) in [4.78, 5) is 13.0. The summed E-state index contributed by atoms with van der Waals surface area (Å²) >= 11 is 5.90. The third-order valence-electron chi connectivity index (χ3n) is 5.29. The Morgan fingerprint density at radius 1 is 0.944 bits per heavy atom. The minimum Gasteiger partial charge on any atom is -0.493 e. The molecule has 11 heteroatoms. The predicted octanol–water partition coefficient (Wildman–Crippen LogP) is 6.43. The number of anilines is 1. The van der Waals surface area contributed by atoms with Crippen LogP contribution in [0.2, 0.25) is 5.02 Å². The van der Waals surface area contributed by atoms with Gasteiger partial charge in [0.1, 0.15) is 12.3 Å². The number of ether oxygens (including phenoxy) is 2. The molecule has 1 amide bonds. The Balaban J connectivity index is 1.72. The summed E-state index contributed by atoms with van der Waals surface area (Å²) in [6, 6.07) is 11.7. The highest BCUT2D eigenvalue weighted by molar-refractivity contribution is 6.32. The molecule has 1 aliphatic heterocycles. The van der Waals surface area contributed by atoms with Gasteiger partial charge in [-0.2, -0.15) is 10.1 Å². The fraction of sp³-hybridized carbons (Fsp3) is 0.120. The van der Waals surface area contributed by atoms with Gasteiger partial charge in [0, 0.05) is 10.6 Å². The first kappa shape index (κ1) is 25.2. The summed E-state index contributed by atoms with van der Waals surface area (Å²) in [7, 11) is 1.42. The van der Waals surface area contributed by atoms with Crippen LogP contribution in [0.1, 0.15) is 18.1 Å². The molecule has 4 rings (SSSR count). The van der Waals surface area contributed by atoms with Gasteiger partial charge in [-0.15, -0.1) is 0 Å². The molecule has 0 atom stereocenters. The highest BCUT2D eigenvalue weighted by Gasteiger charge is 2.37. The molecule has 0 saturated carbocycles. The van der Waals surface area contributed by atoms with Crippen LogP contribution in [-0.2, 0) is 11.4 Å². The molecular formula is C25H16ClF5N2O3. The van der Waals surface area contributed by atoms with Crippen molar-refractivity contribution in [3.8, 4) is 11.5 Å². The van der Waals surface area contributed by atoms with E-state index in [0.29, 0.717) is 16.3 Å². The van der Waals surface area contributed by atoms with E-state index in [1.165, 1.54) is 20.1 Å². The number of hydrogen-bond donors (Lipinski definition) is 0. The summed E-state index contributed by atoms with van der Waals surface area (Å²) in [6.45, 7) is 1.47. The molecule has 0 radical (unpaired) electrons. The maximum atomic E-state index is 14.3. The number of nitrogens with zero attached hydrogens (tertiary/aromatic N) is 2. The number of carbonyl (C=O) groups excluding carboxylic acids is 1. The summed E-state index contributed by atoms with van der Waals surface area (Å²) in [5.41, 5.74) is -0.500. The lowest BCUT2D eigenvalue weighted by Gasteiger charge is -2.15. The number of carbonyl (C=O) groups is 1. The number of para-hydroxylation sites is 1. The smallest absolute Gasteiger partial charge is 0.280 e. The summed E-state index contributed by atoms with van der Waals surface area (Å²) < 4.78 is 80.8. The SMILES string of the molecule is COc1cccc(/C=C2\C(=O)N(c3c(F)c(F)c(F)c(F)c3F)N=C2C)c1OCc1ccc(Cl)cc1. The van der Waals surface area contributed by atoms with Crippen molar-refractivity contribution in [3.63, 3.8) is 0 Å². The molecule has 0 fully saturated rings. The first-order valence-electron chi connectivity index (χ1n) is 10.3. The number of hydrazone groups is 1. The lowest BCUT2D eigenvalue weighted by atomic mass is 10.1. The topological polar surface area (TPSA) is 51.1 Å². The number of hydrogen-bond acceptors (Lipinski definition) is 4. The molecular weight excluding hydrogens is 507 g/mol. The van der Waals surface area contributed by atoms with Gasteiger partial charge in [-0.25, -0.2) is 22.0 Å². The molecule has 186 valence electrons. The first-order valence-corrected chi connectivity index (χ1v) is 10.7. The molecule has 3 aromatic rings. The lowest BCUT2D eigenvalue weighted by Crippen LogP contribution is -2.25. The molecule has 0 spiro atoms. The van der Waals surface area contributed by atoms with Gasteiger partial charge in [0.2, 0.25) is 5.82 Å². The Bertz CT molecular complexity index is 1400. The first-order chi connectivity index (χ1) is 17.1. The van der Waals surface area contributed by atoms with Crippen LogP contribution in [0.4, 0.5) is 27.6 Å². The van der Waals surface area contributed by atoms with Crippen LogP contribution in [0.25, 0.3) is 6.08 Å². The molecule has 0 aliphatic carbocycles. The van der Waals surface area contributed by atoms with Gasteiger partial charge >= 0.3 is 0 Å². The average molecular weight is 523 g/mol. The Morgan fingerprint density at radius 2 is 1.56 bits per heavy atom. The molecule has 0 saturated heterocycles. The van der Waals surface area contributed by atoms with Crippen molar-refractivity contribution in [2.24, 2.45) is 5.10 Å². The molecule has 5 nitrogen and oxygen atoms in total. The van der Waals surface area contributed by atoms with E-state index in [0.717, 1.165) is 5.56 Å². The zero-order chi connectivity index (χ0) is 26.1. The van der Waals surface area contributed by atoms with Crippen LogP contribution >= 0.6 is 11.6 Å². The molecule has 1 aliphatic rings. The van der Waals surface area contributed by atoms with Gasteiger partial charge in [0.05, 0.1) is 18.4 Å². The Morgan fingerprint density at radius 3 is 2.17 bits per heavy atom. The molecule has 36 heavy (non-hydrogen) atoms. The minimum absolute atomic E-state index is 0.0181. The quantitative estimate of drug-likeness (QED) is 0.162. The summed E-state index contributed by atoms with van der Waals surface area (Å²) in [6.07, 6.45) is 1.33. The van der Waals surface area contributed by atoms with E-state index in [2.05, 4.69) is 5.10 Å². The lowest BCUT2D eigenvalue weighted by molar-refractivity contribution is -0.114. The van der Waals surface area contributed by atoms with Crippen LogP contribution in [-0.4, -0.2) is 18.7 Å². The van der Waals surface area contributed by atoms with Crippen molar-refractivity contribution in [2.75, 3.05) is 12.1 Å². The summed E-state index contributed by atoms with van der Waals surface area (Å²) in [5, 5.41) is 4.43. The zero-order valence-electron chi connectivity index (χ0n) is 18.7. The normalized spacial score (nSPS) is 14.4. The van der Waals surface area contributed by atoms with Gasteiger partial charge < -0.3 is 9.47 Å². The van der Waals surface area contributed by atoms with Crippen molar-refractivity contribution >= 4 is 35.0 Å². The van der Waals surface area contributed by atoms with Crippen LogP contribution in [0.3, 0.4) is 0 Å². The van der Waals surface area contributed by atoms with E-state index < -0.39 is 40.7 Å². The Labute approximate surface area is 207 Å². The highest BCUT2D eigenvalue weighted by atomic mass is 35.5. The Hall–Kier alpha value is -3.92. The van der Waals surface area contributed by atoms with Gasteiger partial charge in [-0.3, -0.25) is 4.79 Å². The average Bonchev–Trinajstić information content (AvgIpc) is 3.14. The number of methoxy groups -OCH3 is 1. The fourth-order valence-electron chi connectivity index (χ4n) is 3.47. The minimum atomic E-state index is -2.34. The third kappa shape index (κ3) is 4.51. The van der Waals surface area contributed by atoms with Crippen molar-refractivity contribution in [1.29, 1.82) is 0 Å². The zero-order valence-corrected chi connectivity index (χ0v) is 19.5. The maximum Gasteiger partial charge on any atom is 0.280 e. The van der Waals surface area contributed by atoms with Crippen molar-refractivity contribution in [3.05, 3.63) is 93.3 Å². The number of halogens is 6. The monoisotopic (exact) mass is 522 g/mol. The second-order valence-corrected chi connectivity index (χ2v) is 8.01. The summed E-state index contributed by atoms with van der Waals surface area (Å²) in [5.74, 6) is -11.6. The third-order valence-corrected chi connectivity index (χ3v) is 5.54. The Kier molecular flexibility index (Phi) is 6.98. The second kappa shape index (κ2) is 9.98. The van der Waals surface area contributed by atoms with Crippen molar-refractivity contribution in [1.82, 2.24) is 0 Å². The van der Waals surface area contributed by atoms with E-state index >= 15 is 0 Å². The van der Waals surface area contributed by atoms with Crippen LogP contribution in [0.15, 0.2) is 53.1 Å².